The third-order valence-electron chi connectivity index (χ3n) is 5.31. The number of nitrogens with one attached hydrogen (secondary N) is 1. The molecule has 0 atom stereocenters. The quantitative estimate of drug-likeness (QED) is 0.397. The van der Waals surface area contributed by atoms with E-state index in [0.29, 0.717) is 30.4 Å². The fourth-order valence-electron chi connectivity index (χ4n) is 3.38. The van der Waals surface area contributed by atoms with Crippen molar-refractivity contribution in [2.45, 2.75) is 13.8 Å². The minimum Gasteiger partial charge on any atom is -0.496 e. The van der Waals surface area contributed by atoms with E-state index in [0.717, 1.165) is 33.6 Å². The Labute approximate surface area is 198 Å². The summed E-state index contributed by atoms with van der Waals surface area (Å²) in [6, 6.07) is 9.35. The maximum atomic E-state index is 12.3. The zero-order valence-corrected chi connectivity index (χ0v) is 20.1. The van der Waals surface area contributed by atoms with Crippen LogP contribution in [0.25, 0.3) is 22.5 Å². The van der Waals surface area contributed by atoms with Gasteiger partial charge < -0.3 is 28.2 Å². The number of nitrogens with zero attached hydrogens (tertiary/aromatic N) is 1. The first-order chi connectivity index (χ1) is 16.5. The van der Waals surface area contributed by atoms with Crippen LogP contribution in [0, 0.1) is 13.8 Å². The number of hydrogen-bond donors (Lipinski definition) is 1. The van der Waals surface area contributed by atoms with Gasteiger partial charge in [0, 0.05) is 18.2 Å². The molecule has 1 N–H and O–H groups in total. The minimum atomic E-state index is -0.616. The van der Waals surface area contributed by atoms with Crippen LogP contribution in [0.4, 0.5) is 10.5 Å². The lowest BCUT2D eigenvalue weighted by atomic mass is 9.98. The summed E-state index contributed by atoms with van der Waals surface area (Å²) in [4.78, 5) is 12.3. The highest BCUT2D eigenvalue weighted by Crippen LogP contribution is 2.38. The molecule has 182 valence electrons. The summed E-state index contributed by atoms with van der Waals surface area (Å²) in [6.07, 6.45) is 1.02. The van der Waals surface area contributed by atoms with Crippen molar-refractivity contribution >= 4 is 11.8 Å². The summed E-state index contributed by atoms with van der Waals surface area (Å²) in [5.41, 5.74) is 4.97. The van der Waals surface area contributed by atoms with Crippen LogP contribution in [0.15, 0.2) is 41.1 Å². The molecule has 3 rings (SSSR count). The number of benzene rings is 2. The molecule has 2 aromatic carbocycles. The third kappa shape index (κ3) is 6.06. The van der Waals surface area contributed by atoms with E-state index in [1.165, 1.54) is 7.11 Å². The van der Waals surface area contributed by atoms with Crippen molar-refractivity contribution < 1.29 is 33.0 Å². The summed E-state index contributed by atoms with van der Waals surface area (Å²) in [7, 11) is 4.76. The van der Waals surface area contributed by atoms with Crippen LogP contribution in [0.5, 0.6) is 11.5 Å². The van der Waals surface area contributed by atoms with Crippen molar-refractivity contribution in [2.75, 3.05) is 53.1 Å². The van der Waals surface area contributed by atoms with E-state index in [-0.39, 0.29) is 13.2 Å². The number of anilines is 1. The second kappa shape index (κ2) is 12.1. The Morgan fingerprint density at radius 2 is 1.71 bits per heavy atom. The molecule has 0 bridgehead atoms. The average Bonchev–Trinajstić information content (AvgIpc) is 3.33. The molecular weight excluding hydrogens is 440 g/mol. The molecule has 9 heteroatoms. The van der Waals surface area contributed by atoms with E-state index in [4.69, 9.17) is 28.2 Å². The lowest BCUT2D eigenvalue weighted by Gasteiger charge is -2.13. The molecule has 9 nitrogen and oxygen atoms in total. The van der Waals surface area contributed by atoms with Gasteiger partial charge in [0.2, 0.25) is 0 Å². The van der Waals surface area contributed by atoms with E-state index in [2.05, 4.69) is 10.5 Å². The predicted molar refractivity (Wildman–Crippen MR) is 128 cm³/mol. The van der Waals surface area contributed by atoms with Gasteiger partial charge in [0.15, 0.2) is 5.76 Å². The second-order valence-electron chi connectivity index (χ2n) is 7.47. The van der Waals surface area contributed by atoms with Crippen LogP contribution in [0.3, 0.4) is 0 Å². The fraction of sp³-hybridized carbons (Fsp3) is 0.360. The van der Waals surface area contributed by atoms with Gasteiger partial charge in [-0.25, -0.2) is 4.79 Å². The summed E-state index contributed by atoms with van der Waals surface area (Å²) in [5.74, 6) is 1.85. The van der Waals surface area contributed by atoms with E-state index in [9.17, 15) is 4.79 Å². The minimum absolute atomic E-state index is 0.113. The van der Waals surface area contributed by atoms with Crippen molar-refractivity contribution in [1.82, 2.24) is 5.16 Å². The van der Waals surface area contributed by atoms with Crippen LogP contribution < -0.4 is 14.8 Å². The third-order valence-corrected chi connectivity index (χ3v) is 5.31. The normalized spacial score (nSPS) is 10.7. The molecule has 1 aromatic heterocycles. The Bertz CT molecular complexity index is 1110. The highest BCUT2D eigenvalue weighted by Gasteiger charge is 2.18. The van der Waals surface area contributed by atoms with Gasteiger partial charge in [-0.1, -0.05) is 11.2 Å². The van der Waals surface area contributed by atoms with Gasteiger partial charge in [0.1, 0.15) is 18.1 Å². The van der Waals surface area contributed by atoms with Gasteiger partial charge in [0.05, 0.1) is 45.9 Å². The molecular formula is C25H30N2O7. The largest absolute Gasteiger partial charge is 0.496 e. The SMILES string of the molecule is COCCOCCOC(=O)Nc1cc(-c2cnoc2-c2cc(C)c(C)c(OC)c2)ccc1OC. The van der Waals surface area contributed by atoms with Gasteiger partial charge in [-0.2, -0.15) is 0 Å². The number of methoxy groups -OCH3 is 3. The van der Waals surface area contributed by atoms with Crippen molar-refractivity contribution in [1.29, 1.82) is 0 Å². The number of ether oxygens (including phenoxy) is 5. The molecule has 34 heavy (non-hydrogen) atoms. The maximum absolute atomic E-state index is 12.3. The number of aromatic nitrogens is 1. The standard InChI is InChI=1S/C25H30N2O7/c1-16-12-19(14-23(31-5)17(16)2)24-20(15-26-34-24)18-6-7-22(30-4)21(13-18)27-25(28)33-11-10-32-9-8-29-3/h6-7,12-15H,8-11H2,1-5H3,(H,27,28). The first kappa shape index (κ1) is 25.1. The number of rotatable bonds is 11. The fourth-order valence-corrected chi connectivity index (χ4v) is 3.38. The Hall–Kier alpha value is -3.56. The number of carbonyl (C=O) groups excluding carboxylic acids is 1. The van der Waals surface area contributed by atoms with Crippen molar-refractivity contribution in [2.24, 2.45) is 0 Å². The Kier molecular flexibility index (Phi) is 8.89. The van der Waals surface area contributed by atoms with Crippen LogP contribution in [0.1, 0.15) is 11.1 Å². The molecule has 0 fully saturated rings. The van der Waals surface area contributed by atoms with Gasteiger partial charge in [-0.3, -0.25) is 5.32 Å². The number of hydrogen-bond acceptors (Lipinski definition) is 8. The lowest BCUT2D eigenvalue weighted by molar-refractivity contribution is 0.0447. The Morgan fingerprint density at radius 3 is 2.44 bits per heavy atom. The summed E-state index contributed by atoms with van der Waals surface area (Å²) in [5, 5.41) is 6.73. The first-order valence-corrected chi connectivity index (χ1v) is 10.8. The monoisotopic (exact) mass is 470 g/mol. The van der Waals surface area contributed by atoms with Gasteiger partial charge in [0.25, 0.3) is 0 Å². The topological polar surface area (TPSA) is 101 Å². The molecule has 0 saturated carbocycles. The summed E-state index contributed by atoms with van der Waals surface area (Å²) in [6.45, 7) is 5.33. The van der Waals surface area contributed by atoms with Crippen LogP contribution in [-0.4, -0.2) is 59.0 Å². The highest BCUT2D eigenvalue weighted by atomic mass is 16.6. The van der Waals surface area contributed by atoms with Crippen LogP contribution in [-0.2, 0) is 14.2 Å². The molecule has 0 saturated heterocycles. The second-order valence-corrected chi connectivity index (χ2v) is 7.47. The smallest absolute Gasteiger partial charge is 0.411 e. The molecule has 1 amide bonds. The number of amides is 1. The molecule has 0 aliphatic carbocycles. The number of aryl methyl sites for hydroxylation is 1. The van der Waals surface area contributed by atoms with E-state index >= 15 is 0 Å². The zero-order valence-electron chi connectivity index (χ0n) is 20.1. The Balaban J connectivity index is 1.80. The number of carbonyl (C=O) groups is 1. The van der Waals surface area contributed by atoms with Crippen molar-refractivity contribution in [3.63, 3.8) is 0 Å². The van der Waals surface area contributed by atoms with E-state index in [1.54, 1.807) is 32.5 Å². The Morgan fingerprint density at radius 1 is 0.941 bits per heavy atom. The zero-order chi connectivity index (χ0) is 24.5. The van der Waals surface area contributed by atoms with Gasteiger partial charge >= 0.3 is 6.09 Å². The summed E-state index contributed by atoms with van der Waals surface area (Å²) >= 11 is 0. The van der Waals surface area contributed by atoms with Gasteiger partial charge in [-0.05, 0) is 54.8 Å². The van der Waals surface area contributed by atoms with Crippen LogP contribution >= 0.6 is 0 Å². The predicted octanol–water partition coefficient (Wildman–Crippen LogP) is 4.85. The highest BCUT2D eigenvalue weighted by molar-refractivity contribution is 5.90. The van der Waals surface area contributed by atoms with Crippen LogP contribution in [0.2, 0.25) is 0 Å². The van der Waals surface area contributed by atoms with E-state index in [1.807, 2.05) is 32.0 Å². The molecule has 0 spiro atoms. The lowest BCUT2D eigenvalue weighted by Crippen LogP contribution is -2.18. The molecule has 0 unspecified atom stereocenters. The van der Waals surface area contributed by atoms with Gasteiger partial charge in [-0.15, -0.1) is 0 Å². The first-order valence-electron chi connectivity index (χ1n) is 10.8. The summed E-state index contributed by atoms with van der Waals surface area (Å²) < 4.78 is 31.9. The van der Waals surface area contributed by atoms with Crippen molar-refractivity contribution in [3.8, 4) is 33.9 Å². The maximum Gasteiger partial charge on any atom is 0.411 e. The molecule has 0 aliphatic heterocycles. The molecule has 0 radical (unpaired) electrons. The molecule has 1 heterocycles. The molecule has 3 aromatic rings. The molecule has 0 aliphatic rings. The van der Waals surface area contributed by atoms with Crippen molar-refractivity contribution in [3.05, 3.63) is 47.7 Å². The van der Waals surface area contributed by atoms with E-state index < -0.39 is 6.09 Å². The average molecular weight is 471 g/mol.